The highest BCUT2D eigenvalue weighted by atomic mass is 32.2. The number of sulfonamides is 1. The van der Waals surface area contributed by atoms with Gasteiger partial charge in [0.25, 0.3) is 10.0 Å². The van der Waals surface area contributed by atoms with E-state index < -0.39 is 21.8 Å². The van der Waals surface area contributed by atoms with E-state index in [1.807, 2.05) is 0 Å². The molecule has 1 fully saturated rings. The number of aryl methyl sites for hydroxylation is 1. The fourth-order valence-corrected chi connectivity index (χ4v) is 5.54. The largest absolute Gasteiger partial charge is 0.325 e. The molecule has 2 heterocycles. The van der Waals surface area contributed by atoms with Gasteiger partial charge in [-0.05, 0) is 48.9 Å². The number of nitrogens with zero attached hydrogens (tertiary/aromatic N) is 1. The summed E-state index contributed by atoms with van der Waals surface area (Å²) in [5, 5.41) is 4.45. The van der Waals surface area contributed by atoms with Gasteiger partial charge in [0.1, 0.15) is 10.0 Å². The molecule has 25 heavy (non-hydrogen) atoms. The summed E-state index contributed by atoms with van der Waals surface area (Å²) in [5.41, 5.74) is 1.18. The first-order valence-electron chi connectivity index (χ1n) is 7.98. The van der Waals surface area contributed by atoms with Crippen molar-refractivity contribution >= 4 is 33.0 Å². The Morgan fingerprint density at radius 3 is 2.88 bits per heavy atom. The number of carbonyl (C=O) groups is 1. The van der Waals surface area contributed by atoms with Crippen molar-refractivity contribution in [3.05, 3.63) is 47.1 Å². The van der Waals surface area contributed by atoms with Gasteiger partial charge >= 0.3 is 0 Å². The molecule has 1 aliphatic heterocycles. The zero-order valence-corrected chi connectivity index (χ0v) is 15.4. The quantitative estimate of drug-likeness (QED) is 0.883. The van der Waals surface area contributed by atoms with E-state index in [9.17, 15) is 17.6 Å². The molecule has 2 aromatic rings. The van der Waals surface area contributed by atoms with Gasteiger partial charge in [-0.15, -0.1) is 11.3 Å². The Morgan fingerprint density at radius 1 is 1.36 bits per heavy atom. The van der Waals surface area contributed by atoms with E-state index in [-0.39, 0.29) is 16.7 Å². The van der Waals surface area contributed by atoms with Crippen LogP contribution in [0.3, 0.4) is 0 Å². The van der Waals surface area contributed by atoms with Gasteiger partial charge in [-0.1, -0.05) is 12.1 Å². The molecule has 0 unspecified atom stereocenters. The Kier molecular flexibility index (Phi) is 5.21. The molecule has 0 radical (unpaired) electrons. The van der Waals surface area contributed by atoms with Gasteiger partial charge in [-0.3, -0.25) is 4.79 Å². The lowest BCUT2D eigenvalue weighted by Gasteiger charge is -2.30. The molecule has 1 aromatic heterocycles. The first-order valence-corrected chi connectivity index (χ1v) is 10.3. The topological polar surface area (TPSA) is 66.5 Å². The van der Waals surface area contributed by atoms with Crippen LogP contribution in [-0.4, -0.2) is 31.7 Å². The number of carbonyl (C=O) groups excluding carboxylic acids is 1. The Morgan fingerprint density at radius 2 is 2.16 bits per heavy atom. The number of rotatable bonds is 4. The van der Waals surface area contributed by atoms with Gasteiger partial charge in [-0.25, -0.2) is 12.8 Å². The van der Waals surface area contributed by atoms with E-state index in [1.54, 1.807) is 30.5 Å². The Hall–Kier alpha value is -1.77. The molecule has 134 valence electrons. The average Bonchev–Trinajstić information content (AvgIpc) is 3.13. The highest BCUT2D eigenvalue weighted by molar-refractivity contribution is 7.91. The third-order valence-electron chi connectivity index (χ3n) is 4.30. The van der Waals surface area contributed by atoms with Crippen LogP contribution in [0.25, 0.3) is 0 Å². The van der Waals surface area contributed by atoms with Crippen molar-refractivity contribution in [2.75, 3.05) is 18.4 Å². The standard InChI is InChI=1S/C17H19FN2O3S2/c1-12-6-7-14(18)10-15(12)19-17(21)13-4-2-8-20(11-13)25(22,23)16-5-3-9-24-16/h3,5-7,9-10,13H,2,4,8,11H2,1H3,(H,19,21)/t13-/m0/s1. The fourth-order valence-electron chi connectivity index (χ4n) is 2.88. The second-order valence-electron chi connectivity index (χ2n) is 6.08. The summed E-state index contributed by atoms with van der Waals surface area (Å²) in [6.45, 7) is 2.33. The van der Waals surface area contributed by atoms with Gasteiger partial charge in [0, 0.05) is 18.8 Å². The lowest BCUT2D eigenvalue weighted by atomic mass is 9.98. The molecule has 8 heteroatoms. The average molecular weight is 382 g/mol. The van der Waals surface area contributed by atoms with Crippen molar-refractivity contribution in [1.29, 1.82) is 0 Å². The number of hydrogen-bond donors (Lipinski definition) is 1. The second kappa shape index (κ2) is 7.23. The maximum absolute atomic E-state index is 13.4. The minimum Gasteiger partial charge on any atom is -0.325 e. The molecule has 0 bridgehead atoms. The molecular weight excluding hydrogens is 363 g/mol. The lowest BCUT2D eigenvalue weighted by molar-refractivity contribution is -0.120. The molecule has 1 aliphatic rings. The Balaban J connectivity index is 1.73. The van der Waals surface area contributed by atoms with Gasteiger partial charge < -0.3 is 5.32 Å². The fraction of sp³-hybridized carbons (Fsp3) is 0.353. The highest BCUT2D eigenvalue weighted by Gasteiger charge is 2.33. The van der Waals surface area contributed by atoms with E-state index in [4.69, 9.17) is 0 Å². The Labute approximate surface area is 150 Å². The summed E-state index contributed by atoms with van der Waals surface area (Å²) in [6.07, 6.45) is 1.22. The van der Waals surface area contributed by atoms with E-state index in [1.165, 1.54) is 27.8 Å². The molecule has 1 saturated heterocycles. The van der Waals surface area contributed by atoms with Crippen LogP contribution in [0, 0.1) is 18.7 Å². The number of hydrogen-bond acceptors (Lipinski definition) is 4. The zero-order chi connectivity index (χ0) is 18.0. The Bertz CT molecular complexity index is 866. The summed E-state index contributed by atoms with van der Waals surface area (Å²) < 4.78 is 40.3. The maximum Gasteiger partial charge on any atom is 0.252 e. The minimum atomic E-state index is -3.56. The van der Waals surface area contributed by atoms with Gasteiger partial charge in [0.15, 0.2) is 0 Å². The third-order valence-corrected chi connectivity index (χ3v) is 7.54. The van der Waals surface area contributed by atoms with E-state index in [2.05, 4.69) is 5.32 Å². The number of thiophene rings is 1. The van der Waals surface area contributed by atoms with E-state index >= 15 is 0 Å². The monoisotopic (exact) mass is 382 g/mol. The molecular formula is C17H19FN2O3S2. The molecule has 1 aromatic carbocycles. The summed E-state index contributed by atoms with van der Waals surface area (Å²) in [5.74, 6) is -1.16. The number of piperidine rings is 1. The summed E-state index contributed by atoms with van der Waals surface area (Å²) in [7, 11) is -3.56. The van der Waals surface area contributed by atoms with Crippen LogP contribution in [0.1, 0.15) is 18.4 Å². The molecule has 1 atom stereocenters. The number of anilines is 1. The third kappa shape index (κ3) is 3.91. The van der Waals surface area contributed by atoms with Crippen molar-refractivity contribution in [3.8, 4) is 0 Å². The molecule has 0 aliphatic carbocycles. The van der Waals surface area contributed by atoms with Crippen LogP contribution in [-0.2, 0) is 14.8 Å². The smallest absolute Gasteiger partial charge is 0.252 e. The highest BCUT2D eigenvalue weighted by Crippen LogP contribution is 2.27. The van der Waals surface area contributed by atoms with E-state index in [0.717, 1.165) is 5.56 Å². The van der Waals surface area contributed by atoms with Gasteiger partial charge in [0.2, 0.25) is 5.91 Å². The van der Waals surface area contributed by atoms with Crippen molar-refractivity contribution < 1.29 is 17.6 Å². The van der Waals surface area contributed by atoms with Crippen LogP contribution >= 0.6 is 11.3 Å². The first kappa shape index (κ1) is 18.0. The SMILES string of the molecule is Cc1ccc(F)cc1NC(=O)[C@H]1CCCN(S(=O)(=O)c2cccs2)C1. The number of nitrogens with one attached hydrogen (secondary N) is 1. The van der Waals surface area contributed by atoms with Crippen molar-refractivity contribution in [3.63, 3.8) is 0 Å². The zero-order valence-electron chi connectivity index (χ0n) is 13.7. The van der Waals surface area contributed by atoms with Crippen molar-refractivity contribution in [1.82, 2.24) is 4.31 Å². The van der Waals surface area contributed by atoms with Crippen LogP contribution in [0.5, 0.6) is 0 Å². The normalized spacial score (nSPS) is 18.9. The molecule has 0 spiro atoms. The minimum absolute atomic E-state index is 0.139. The van der Waals surface area contributed by atoms with Gasteiger partial charge in [-0.2, -0.15) is 4.31 Å². The number of amides is 1. The summed E-state index contributed by atoms with van der Waals surface area (Å²) >= 11 is 1.17. The van der Waals surface area contributed by atoms with Crippen LogP contribution < -0.4 is 5.32 Å². The summed E-state index contributed by atoms with van der Waals surface area (Å²) in [4.78, 5) is 12.5. The molecule has 1 amide bonds. The molecule has 5 nitrogen and oxygen atoms in total. The first-order chi connectivity index (χ1) is 11.9. The number of benzene rings is 1. The summed E-state index contributed by atoms with van der Waals surface area (Å²) in [6, 6.07) is 7.47. The molecule has 0 saturated carbocycles. The van der Waals surface area contributed by atoms with Crippen molar-refractivity contribution in [2.45, 2.75) is 24.0 Å². The van der Waals surface area contributed by atoms with E-state index in [0.29, 0.717) is 25.1 Å². The predicted molar refractivity (Wildman–Crippen MR) is 95.6 cm³/mol. The van der Waals surface area contributed by atoms with Crippen LogP contribution in [0.15, 0.2) is 39.9 Å². The lowest BCUT2D eigenvalue weighted by Crippen LogP contribution is -2.43. The maximum atomic E-state index is 13.4. The molecule has 3 rings (SSSR count). The van der Waals surface area contributed by atoms with Crippen molar-refractivity contribution in [2.24, 2.45) is 5.92 Å². The second-order valence-corrected chi connectivity index (χ2v) is 9.20. The number of halogens is 1. The van der Waals surface area contributed by atoms with Gasteiger partial charge in [0.05, 0.1) is 5.92 Å². The molecule has 1 N–H and O–H groups in total. The predicted octanol–water partition coefficient (Wildman–Crippen LogP) is 3.24. The van der Waals surface area contributed by atoms with Crippen LogP contribution in [0.2, 0.25) is 0 Å². The van der Waals surface area contributed by atoms with Crippen LogP contribution in [0.4, 0.5) is 10.1 Å².